The predicted octanol–water partition coefficient (Wildman–Crippen LogP) is 7.47. The van der Waals surface area contributed by atoms with E-state index in [9.17, 15) is 0 Å². The van der Waals surface area contributed by atoms with Gasteiger partial charge < -0.3 is 9.47 Å². The maximum Gasteiger partial charge on any atom is 0.156 e. The van der Waals surface area contributed by atoms with Crippen LogP contribution in [0.3, 0.4) is 0 Å². The number of halogens is 4. The minimum atomic E-state index is 0.142. The zero-order chi connectivity index (χ0) is 20.9. The largest absolute Gasteiger partial charge is 0.490 e. The highest BCUT2D eigenvalue weighted by molar-refractivity contribution is 6.55. The van der Waals surface area contributed by atoms with Crippen molar-refractivity contribution in [1.29, 1.82) is 0 Å². The fourth-order valence-electron chi connectivity index (χ4n) is 2.02. The van der Waals surface area contributed by atoms with Crippen molar-refractivity contribution in [3.8, 4) is 11.5 Å². The third kappa shape index (κ3) is 10.7. The van der Waals surface area contributed by atoms with Crippen molar-refractivity contribution in [3.05, 3.63) is 44.0 Å². The molecule has 0 aromatic heterocycles. The van der Waals surface area contributed by atoms with Gasteiger partial charge in [0.1, 0.15) is 16.8 Å². The van der Waals surface area contributed by atoms with Gasteiger partial charge in [-0.05, 0) is 46.1 Å². The molecule has 0 bridgehead atoms. The van der Waals surface area contributed by atoms with Crippen molar-refractivity contribution in [3.63, 3.8) is 0 Å². The Balaban J connectivity index is 2.25. The first-order valence-electron chi connectivity index (χ1n) is 9.09. The van der Waals surface area contributed by atoms with Crippen molar-refractivity contribution < 1.29 is 14.3 Å². The molecule has 28 heavy (non-hydrogen) atoms. The van der Waals surface area contributed by atoms with Crippen LogP contribution in [0.15, 0.2) is 34.0 Å². The highest BCUT2D eigenvalue weighted by Gasteiger charge is 2.10. The zero-order valence-corrected chi connectivity index (χ0v) is 19.4. The monoisotopic (exact) mass is 469 g/mol. The highest BCUT2D eigenvalue weighted by Crippen LogP contribution is 2.37. The number of ether oxygens (including phenoxy) is 2. The summed E-state index contributed by atoms with van der Waals surface area (Å²) in [7, 11) is 0. The molecule has 0 radical (unpaired) electrons. The van der Waals surface area contributed by atoms with E-state index in [2.05, 4.69) is 5.48 Å². The van der Waals surface area contributed by atoms with Gasteiger partial charge in [0.05, 0.1) is 23.3 Å². The van der Waals surface area contributed by atoms with E-state index in [-0.39, 0.29) is 11.1 Å². The number of benzene rings is 1. The zero-order valence-electron chi connectivity index (χ0n) is 16.4. The molecule has 1 aromatic carbocycles. The lowest BCUT2D eigenvalue weighted by atomic mass is 10.2. The van der Waals surface area contributed by atoms with Crippen LogP contribution in [-0.4, -0.2) is 19.8 Å². The van der Waals surface area contributed by atoms with E-state index in [1.807, 2.05) is 20.8 Å². The van der Waals surface area contributed by atoms with Crippen LogP contribution in [0.25, 0.3) is 0 Å². The van der Waals surface area contributed by atoms with E-state index in [0.717, 1.165) is 31.4 Å². The molecule has 1 N–H and O–H groups in total. The van der Waals surface area contributed by atoms with Crippen LogP contribution in [0.5, 0.6) is 11.5 Å². The van der Waals surface area contributed by atoms with Gasteiger partial charge in [-0.15, -0.1) is 0 Å². The Labute approximate surface area is 187 Å². The molecular weight excluding hydrogens is 444 g/mol. The molecule has 8 heteroatoms. The van der Waals surface area contributed by atoms with Crippen LogP contribution in [0, 0.1) is 0 Å². The number of unbranched alkanes of at least 4 members (excludes halogenated alkanes) is 3. The van der Waals surface area contributed by atoms with E-state index >= 15 is 0 Å². The fourth-order valence-corrected chi connectivity index (χ4v) is 2.73. The second-order valence-electron chi connectivity index (χ2n) is 6.36. The summed E-state index contributed by atoms with van der Waals surface area (Å²) >= 11 is 23.5. The summed E-state index contributed by atoms with van der Waals surface area (Å²) in [4.78, 5) is 5.41. The van der Waals surface area contributed by atoms with Crippen molar-refractivity contribution >= 4 is 46.4 Å². The SMILES string of the molecule is CC(C)=C(C)NOCCCCCCOc1c(Cl)cc(OCC=C(Cl)Cl)cc1Cl. The number of hydrogen-bond donors (Lipinski definition) is 1. The van der Waals surface area contributed by atoms with Gasteiger partial charge in [-0.25, -0.2) is 0 Å². The Morgan fingerprint density at radius 1 is 0.929 bits per heavy atom. The molecule has 0 atom stereocenters. The smallest absolute Gasteiger partial charge is 0.156 e. The average Bonchev–Trinajstić information content (AvgIpc) is 2.61. The number of hydrogen-bond acceptors (Lipinski definition) is 4. The Hall–Kier alpha value is -0.780. The first kappa shape index (κ1) is 25.3. The molecule has 0 aliphatic heterocycles. The summed E-state index contributed by atoms with van der Waals surface area (Å²) in [6.45, 7) is 7.52. The molecule has 158 valence electrons. The fraction of sp³-hybridized carbons (Fsp3) is 0.500. The lowest BCUT2D eigenvalue weighted by molar-refractivity contribution is 0.0590. The second kappa shape index (κ2) is 14.2. The van der Waals surface area contributed by atoms with Crippen LogP contribution < -0.4 is 15.0 Å². The second-order valence-corrected chi connectivity index (χ2v) is 8.18. The van der Waals surface area contributed by atoms with E-state index in [1.165, 1.54) is 11.6 Å². The molecule has 1 aromatic rings. The number of allylic oxidation sites excluding steroid dienone is 2. The van der Waals surface area contributed by atoms with Gasteiger partial charge in [-0.1, -0.05) is 58.4 Å². The van der Waals surface area contributed by atoms with Crippen LogP contribution in [0.4, 0.5) is 0 Å². The van der Waals surface area contributed by atoms with E-state index < -0.39 is 0 Å². The van der Waals surface area contributed by atoms with Crippen molar-refractivity contribution in [2.45, 2.75) is 46.5 Å². The topological polar surface area (TPSA) is 39.7 Å². The Morgan fingerprint density at radius 2 is 1.54 bits per heavy atom. The van der Waals surface area contributed by atoms with Crippen LogP contribution in [-0.2, 0) is 4.84 Å². The molecule has 0 saturated carbocycles. The van der Waals surface area contributed by atoms with Crippen LogP contribution in [0.1, 0.15) is 46.5 Å². The molecular formula is C20H27Cl4NO3. The van der Waals surface area contributed by atoms with E-state index in [4.69, 9.17) is 60.7 Å². The first-order chi connectivity index (χ1) is 13.3. The minimum Gasteiger partial charge on any atom is -0.490 e. The molecule has 1 rings (SSSR count). The Kier molecular flexibility index (Phi) is 12.8. The number of hydroxylamine groups is 1. The van der Waals surface area contributed by atoms with Crippen molar-refractivity contribution in [2.75, 3.05) is 19.8 Å². The molecule has 0 aliphatic carbocycles. The van der Waals surface area contributed by atoms with Gasteiger partial charge in [0.2, 0.25) is 0 Å². The predicted molar refractivity (Wildman–Crippen MR) is 119 cm³/mol. The normalized spacial score (nSPS) is 10.4. The quantitative estimate of drug-likeness (QED) is 0.239. The molecule has 4 nitrogen and oxygen atoms in total. The first-order valence-corrected chi connectivity index (χ1v) is 10.6. The van der Waals surface area contributed by atoms with Gasteiger partial charge in [-0.3, -0.25) is 10.3 Å². The standard InChI is InChI=1S/C20H27Cl4NO3/c1-14(2)15(3)25-28-10-7-5-4-6-9-27-20-17(21)12-16(13-18(20)22)26-11-8-19(23)24/h8,12-13,25H,4-7,9-11H2,1-3H3. The maximum absolute atomic E-state index is 6.24. The molecule has 0 fully saturated rings. The van der Waals surface area contributed by atoms with Gasteiger partial charge in [0.15, 0.2) is 5.75 Å². The van der Waals surface area contributed by atoms with Crippen LogP contribution in [0.2, 0.25) is 10.0 Å². The Bertz CT molecular complexity index is 646. The van der Waals surface area contributed by atoms with Crippen molar-refractivity contribution in [1.82, 2.24) is 5.48 Å². The van der Waals surface area contributed by atoms with Crippen LogP contribution >= 0.6 is 46.4 Å². The average molecular weight is 471 g/mol. The summed E-state index contributed by atoms with van der Waals surface area (Å²) in [5.41, 5.74) is 5.21. The molecule has 0 spiro atoms. The lowest BCUT2D eigenvalue weighted by Gasteiger charge is -2.12. The summed E-state index contributed by atoms with van der Waals surface area (Å²) in [6, 6.07) is 3.30. The molecule has 0 unspecified atom stereocenters. The van der Waals surface area contributed by atoms with Gasteiger partial charge in [-0.2, -0.15) is 0 Å². The number of rotatable bonds is 13. The highest BCUT2D eigenvalue weighted by atomic mass is 35.5. The minimum absolute atomic E-state index is 0.142. The molecule has 0 amide bonds. The van der Waals surface area contributed by atoms with E-state index in [1.54, 1.807) is 12.1 Å². The molecule has 0 heterocycles. The summed E-state index contributed by atoms with van der Waals surface area (Å²) in [5.74, 6) is 0.983. The van der Waals surface area contributed by atoms with Crippen molar-refractivity contribution in [2.24, 2.45) is 0 Å². The Morgan fingerprint density at radius 3 is 2.11 bits per heavy atom. The summed E-state index contributed by atoms with van der Waals surface area (Å²) in [6.07, 6.45) is 5.51. The van der Waals surface area contributed by atoms with Gasteiger partial charge in [0.25, 0.3) is 0 Å². The number of nitrogens with one attached hydrogen (secondary N) is 1. The van der Waals surface area contributed by atoms with Gasteiger partial charge in [0, 0.05) is 17.8 Å². The van der Waals surface area contributed by atoms with E-state index in [0.29, 0.717) is 34.8 Å². The third-order valence-corrected chi connectivity index (χ3v) is 4.69. The maximum atomic E-state index is 6.24. The summed E-state index contributed by atoms with van der Waals surface area (Å²) < 4.78 is 11.3. The van der Waals surface area contributed by atoms with Gasteiger partial charge >= 0.3 is 0 Å². The third-order valence-electron chi connectivity index (χ3n) is 3.82. The molecule has 0 saturated heterocycles. The molecule has 0 aliphatic rings. The summed E-state index contributed by atoms with van der Waals surface area (Å²) in [5, 5.41) is 0.801. The lowest BCUT2D eigenvalue weighted by Crippen LogP contribution is -2.14.